The highest BCUT2D eigenvalue weighted by Crippen LogP contribution is 2.54. The van der Waals surface area contributed by atoms with Gasteiger partial charge in [-0.3, -0.25) is 0 Å². The minimum absolute atomic E-state index is 0.00656. The molecule has 30 heavy (non-hydrogen) atoms. The molecular formula is C24H23F2N3O. The van der Waals surface area contributed by atoms with Gasteiger partial charge in [0.05, 0.1) is 23.7 Å². The molecule has 2 aromatic heterocycles. The summed E-state index contributed by atoms with van der Waals surface area (Å²) in [6.07, 6.45) is 8.40. The Balaban J connectivity index is 1.51. The third-order valence-corrected chi connectivity index (χ3v) is 6.81. The van der Waals surface area contributed by atoms with Crippen molar-refractivity contribution >= 4 is 6.08 Å². The van der Waals surface area contributed by atoms with E-state index in [1.54, 1.807) is 18.2 Å². The molecule has 2 heterocycles. The molecule has 3 aromatic rings. The number of aliphatic hydroxyl groups is 1. The fraction of sp³-hybridized carbons (Fsp3) is 0.333. The summed E-state index contributed by atoms with van der Waals surface area (Å²) in [5.41, 5.74) is 4.69. The van der Waals surface area contributed by atoms with Crippen LogP contribution in [-0.4, -0.2) is 19.9 Å². The minimum atomic E-state index is -0.708. The van der Waals surface area contributed by atoms with Gasteiger partial charge < -0.3 is 5.11 Å². The summed E-state index contributed by atoms with van der Waals surface area (Å²) < 4.78 is 28.4. The third kappa shape index (κ3) is 3.06. The number of pyridine rings is 1. The number of aromatic nitrogens is 3. The van der Waals surface area contributed by atoms with Gasteiger partial charge in [-0.1, -0.05) is 18.6 Å². The molecule has 1 N–H and O–H groups in total. The molecule has 1 aromatic carbocycles. The van der Waals surface area contributed by atoms with E-state index in [-0.39, 0.29) is 17.2 Å². The molecule has 3 atom stereocenters. The number of rotatable bonds is 3. The van der Waals surface area contributed by atoms with Gasteiger partial charge >= 0.3 is 0 Å². The number of allylic oxidation sites excluding steroid dienone is 1. The zero-order valence-corrected chi connectivity index (χ0v) is 16.7. The van der Waals surface area contributed by atoms with Crippen LogP contribution in [0.2, 0.25) is 0 Å². The number of fused-ring (bicyclic) bond motifs is 2. The van der Waals surface area contributed by atoms with Crippen LogP contribution in [-0.2, 0) is 6.42 Å². The molecule has 0 aliphatic heterocycles. The Hall–Kier alpha value is -2.86. The molecule has 6 heteroatoms. The van der Waals surface area contributed by atoms with E-state index in [0.29, 0.717) is 5.56 Å². The topological polar surface area (TPSA) is 50.9 Å². The molecule has 0 unspecified atom stereocenters. The number of nitrogens with zero attached hydrogens (tertiary/aromatic N) is 3. The second kappa shape index (κ2) is 7.13. The molecule has 154 valence electrons. The van der Waals surface area contributed by atoms with Crippen molar-refractivity contribution in [3.05, 3.63) is 83.0 Å². The van der Waals surface area contributed by atoms with Crippen LogP contribution in [0.5, 0.6) is 0 Å². The molecule has 0 radical (unpaired) electrons. The van der Waals surface area contributed by atoms with E-state index in [0.717, 1.165) is 42.6 Å². The van der Waals surface area contributed by atoms with Gasteiger partial charge in [0.2, 0.25) is 5.95 Å². The molecule has 4 nitrogen and oxygen atoms in total. The average molecular weight is 407 g/mol. The first-order chi connectivity index (χ1) is 14.5. The highest BCUT2D eigenvalue weighted by molar-refractivity contribution is 5.61. The van der Waals surface area contributed by atoms with Crippen LogP contribution in [0.4, 0.5) is 8.78 Å². The van der Waals surface area contributed by atoms with Crippen LogP contribution in [0.3, 0.4) is 0 Å². The fourth-order valence-corrected chi connectivity index (χ4v) is 5.17. The Morgan fingerprint density at radius 2 is 1.93 bits per heavy atom. The molecule has 1 saturated carbocycles. The minimum Gasteiger partial charge on any atom is -0.388 e. The molecule has 2 aliphatic carbocycles. The average Bonchev–Trinajstić information content (AvgIpc) is 3.14. The summed E-state index contributed by atoms with van der Waals surface area (Å²) in [5.74, 6) is -0.811. The second-order valence-corrected chi connectivity index (χ2v) is 8.56. The Kier molecular flexibility index (Phi) is 4.54. The maximum atomic E-state index is 13.3. The van der Waals surface area contributed by atoms with Crippen LogP contribution < -0.4 is 0 Å². The highest BCUT2D eigenvalue weighted by atomic mass is 19.1. The van der Waals surface area contributed by atoms with Crippen molar-refractivity contribution in [1.82, 2.24) is 14.8 Å². The maximum absolute atomic E-state index is 13.3. The van der Waals surface area contributed by atoms with Crippen LogP contribution in [0, 0.1) is 23.1 Å². The normalized spacial score (nSPS) is 24.0. The quantitative estimate of drug-likeness (QED) is 0.620. The molecule has 2 aliphatic rings. The van der Waals surface area contributed by atoms with Gasteiger partial charge in [-0.05, 0) is 84.6 Å². The first-order valence-electron chi connectivity index (χ1n) is 10.3. The van der Waals surface area contributed by atoms with Crippen molar-refractivity contribution in [3.8, 4) is 5.69 Å². The van der Waals surface area contributed by atoms with E-state index >= 15 is 0 Å². The highest BCUT2D eigenvalue weighted by Gasteiger charge is 2.46. The number of hydrogen-bond donors (Lipinski definition) is 1. The third-order valence-electron chi connectivity index (χ3n) is 6.81. The van der Waals surface area contributed by atoms with E-state index in [1.165, 1.54) is 30.0 Å². The number of hydrogen-bond acceptors (Lipinski definition) is 3. The monoisotopic (exact) mass is 407 g/mol. The van der Waals surface area contributed by atoms with Crippen molar-refractivity contribution in [2.45, 2.75) is 38.7 Å². The van der Waals surface area contributed by atoms with Crippen molar-refractivity contribution in [2.75, 3.05) is 0 Å². The van der Waals surface area contributed by atoms with Crippen molar-refractivity contribution in [1.29, 1.82) is 0 Å². The predicted octanol–water partition coefficient (Wildman–Crippen LogP) is 5.03. The van der Waals surface area contributed by atoms with Gasteiger partial charge in [-0.15, -0.1) is 0 Å². The van der Waals surface area contributed by atoms with E-state index in [2.05, 4.69) is 23.1 Å². The molecular weight excluding hydrogens is 384 g/mol. The number of halogens is 2. The molecule has 1 fully saturated rings. The smallest absolute Gasteiger partial charge is 0.212 e. The standard InChI is InChI=1S/C24H23F2N3O/c1-24-12-16-14-28-29(19-8-6-18(25)7-9-19)21(16)11-17(24)3-2-4-20(24)23(30)15-5-10-22(26)27-13-15/h5-11,13-14,20,23,30H,2-4,12H2,1H3/t20-,23+,24+/m1/s1. The summed E-state index contributed by atoms with van der Waals surface area (Å²) >= 11 is 0. The molecule has 0 bridgehead atoms. The van der Waals surface area contributed by atoms with Gasteiger partial charge in [0.1, 0.15) is 5.82 Å². The van der Waals surface area contributed by atoms with Gasteiger partial charge in [-0.25, -0.2) is 14.1 Å². The van der Waals surface area contributed by atoms with Crippen LogP contribution >= 0.6 is 0 Å². The van der Waals surface area contributed by atoms with E-state index in [4.69, 9.17) is 0 Å². The fourth-order valence-electron chi connectivity index (χ4n) is 5.17. The summed E-state index contributed by atoms with van der Waals surface area (Å²) in [6, 6.07) is 9.25. The zero-order chi connectivity index (χ0) is 20.9. The number of benzene rings is 1. The lowest BCUT2D eigenvalue weighted by atomic mass is 9.58. The Morgan fingerprint density at radius 3 is 2.67 bits per heavy atom. The maximum Gasteiger partial charge on any atom is 0.212 e. The zero-order valence-electron chi connectivity index (χ0n) is 16.7. The lowest BCUT2D eigenvalue weighted by Gasteiger charge is -2.47. The lowest BCUT2D eigenvalue weighted by molar-refractivity contribution is 0.0214. The van der Waals surface area contributed by atoms with Crippen molar-refractivity contribution < 1.29 is 13.9 Å². The van der Waals surface area contributed by atoms with Gasteiger partial charge in [0.25, 0.3) is 0 Å². The van der Waals surface area contributed by atoms with E-state index < -0.39 is 12.1 Å². The first-order valence-corrected chi connectivity index (χ1v) is 10.3. The van der Waals surface area contributed by atoms with Crippen LogP contribution in [0.1, 0.15) is 49.1 Å². The summed E-state index contributed by atoms with van der Waals surface area (Å²) in [4.78, 5) is 3.72. The van der Waals surface area contributed by atoms with Gasteiger partial charge in [0.15, 0.2) is 0 Å². The van der Waals surface area contributed by atoms with Crippen molar-refractivity contribution in [2.24, 2.45) is 11.3 Å². The van der Waals surface area contributed by atoms with E-state index in [1.807, 2.05) is 10.9 Å². The van der Waals surface area contributed by atoms with Gasteiger partial charge in [-0.2, -0.15) is 9.49 Å². The van der Waals surface area contributed by atoms with Crippen LogP contribution in [0.15, 0.2) is 54.4 Å². The Morgan fingerprint density at radius 1 is 1.13 bits per heavy atom. The molecule has 0 saturated heterocycles. The number of aliphatic hydroxyl groups excluding tert-OH is 1. The van der Waals surface area contributed by atoms with Crippen LogP contribution in [0.25, 0.3) is 11.8 Å². The second-order valence-electron chi connectivity index (χ2n) is 8.56. The largest absolute Gasteiger partial charge is 0.388 e. The summed E-state index contributed by atoms with van der Waals surface area (Å²) in [5, 5.41) is 15.7. The first kappa shape index (κ1) is 19.1. The molecule has 0 spiro atoms. The van der Waals surface area contributed by atoms with Gasteiger partial charge in [0, 0.05) is 6.20 Å². The van der Waals surface area contributed by atoms with E-state index in [9.17, 15) is 13.9 Å². The summed E-state index contributed by atoms with van der Waals surface area (Å²) in [6.45, 7) is 2.21. The SMILES string of the molecule is C[C@]12Cc3cnn(-c4ccc(F)cc4)c3C=C1CCC[C@@H]2[C@@H](O)c1ccc(F)nc1. The summed E-state index contributed by atoms with van der Waals surface area (Å²) in [7, 11) is 0. The molecule has 0 amide bonds. The lowest BCUT2D eigenvalue weighted by Crippen LogP contribution is -2.40. The van der Waals surface area contributed by atoms with Crippen molar-refractivity contribution in [3.63, 3.8) is 0 Å². The molecule has 5 rings (SSSR count). The Bertz CT molecular complexity index is 1100. The Labute approximate surface area is 173 Å². The predicted molar refractivity (Wildman–Crippen MR) is 110 cm³/mol.